The van der Waals surface area contributed by atoms with E-state index in [1.165, 1.54) is 0 Å². The summed E-state index contributed by atoms with van der Waals surface area (Å²) in [7, 11) is 0. The predicted molar refractivity (Wildman–Crippen MR) is 68.9 cm³/mol. The van der Waals surface area contributed by atoms with E-state index >= 15 is 0 Å². The second-order valence-corrected chi connectivity index (χ2v) is 5.19. The highest BCUT2D eigenvalue weighted by molar-refractivity contribution is 5.78. The van der Waals surface area contributed by atoms with Gasteiger partial charge in [0.05, 0.1) is 0 Å². The Labute approximate surface area is 104 Å². The van der Waals surface area contributed by atoms with Gasteiger partial charge < -0.3 is 10.2 Å². The predicted octanol–water partition coefficient (Wildman–Crippen LogP) is 0.539. The number of amides is 1. The molecule has 0 radical (unpaired) electrons. The van der Waals surface area contributed by atoms with Gasteiger partial charge in [0, 0.05) is 51.2 Å². The third-order valence-corrected chi connectivity index (χ3v) is 4.24. The van der Waals surface area contributed by atoms with Gasteiger partial charge >= 0.3 is 0 Å². The van der Waals surface area contributed by atoms with E-state index in [1.54, 1.807) is 0 Å². The van der Waals surface area contributed by atoms with E-state index in [9.17, 15) is 4.79 Å². The highest BCUT2D eigenvalue weighted by atomic mass is 16.2. The molecule has 0 unspecified atom stereocenters. The Balaban J connectivity index is 1.79. The van der Waals surface area contributed by atoms with E-state index in [0.717, 1.165) is 58.2 Å². The molecule has 1 amide bonds. The van der Waals surface area contributed by atoms with Crippen LogP contribution in [0.25, 0.3) is 0 Å². The first-order chi connectivity index (χ1) is 8.26. The van der Waals surface area contributed by atoms with Gasteiger partial charge in [0.15, 0.2) is 0 Å². The van der Waals surface area contributed by atoms with Crippen LogP contribution >= 0.6 is 0 Å². The van der Waals surface area contributed by atoms with Crippen LogP contribution in [-0.4, -0.2) is 61.0 Å². The Hall–Kier alpha value is -0.610. The molecule has 4 nitrogen and oxygen atoms in total. The number of hydrogen-bond acceptors (Lipinski definition) is 3. The van der Waals surface area contributed by atoms with Crippen LogP contribution in [0.3, 0.4) is 0 Å². The lowest BCUT2D eigenvalue weighted by molar-refractivity contribution is -0.138. The number of rotatable bonds is 4. The first kappa shape index (κ1) is 12.8. The van der Waals surface area contributed by atoms with Crippen molar-refractivity contribution >= 4 is 5.91 Å². The number of nitrogens with one attached hydrogen (secondary N) is 1. The molecule has 2 aliphatic heterocycles. The SMILES string of the molecule is CCC(CC)C(=O)N1CCN(C2CNC2)CC1. The molecule has 0 bridgehead atoms. The average Bonchev–Trinajstić information content (AvgIpc) is 2.29. The molecule has 0 aromatic heterocycles. The summed E-state index contributed by atoms with van der Waals surface area (Å²) in [6.45, 7) is 10.4. The first-order valence-electron chi connectivity index (χ1n) is 6.99. The molecule has 98 valence electrons. The smallest absolute Gasteiger partial charge is 0.225 e. The number of nitrogens with zero attached hydrogens (tertiary/aromatic N) is 2. The zero-order chi connectivity index (χ0) is 12.3. The molecule has 2 aliphatic rings. The molecule has 0 aromatic rings. The van der Waals surface area contributed by atoms with Crippen LogP contribution in [0.2, 0.25) is 0 Å². The van der Waals surface area contributed by atoms with E-state index in [2.05, 4.69) is 29.0 Å². The Bertz CT molecular complexity index is 253. The maximum absolute atomic E-state index is 12.2. The van der Waals surface area contributed by atoms with Crippen molar-refractivity contribution in [3.05, 3.63) is 0 Å². The Morgan fingerprint density at radius 3 is 2.18 bits per heavy atom. The first-order valence-corrected chi connectivity index (χ1v) is 6.99. The molecule has 0 aromatic carbocycles. The molecule has 17 heavy (non-hydrogen) atoms. The average molecular weight is 239 g/mol. The summed E-state index contributed by atoms with van der Waals surface area (Å²) in [6, 6.07) is 0.723. The quantitative estimate of drug-likeness (QED) is 0.778. The summed E-state index contributed by atoms with van der Waals surface area (Å²) in [5, 5.41) is 3.31. The van der Waals surface area contributed by atoms with Crippen molar-refractivity contribution < 1.29 is 4.79 Å². The Kier molecular flexibility index (Phi) is 4.40. The van der Waals surface area contributed by atoms with Gasteiger partial charge in [-0.1, -0.05) is 13.8 Å². The molecule has 1 N–H and O–H groups in total. The topological polar surface area (TPSA) is 35.6 Å². The molecule has 0 atom stereocenters. The van der Waals surface area contributed by atoms with Gasteiger partial charge in [-0.15, -0.1) is 0 Å². The molecule has 2 saturated heterocycles. The van der Waals surface area contributed by atoms with Crippen LogP contribution in [0.4, 0.5) is 0 Å². The van der Waals surface area contributed by atoms with Gasteiger partial charge in [-0.05, 0) is 12.8 Å². The summed E-state index contributed by atoms with van der Waals surface area (Å²) in [4.78, 5) is 16.8. The zero-order valence-electron chi connectivity index (χ0n) is 11.1. The molecular formula is C13H25N3O. The van der Waals surface area contributed by atoms with Crippen molar-refractivity contribution in [3.8, 4) is 0 Å². The third kappa shape index (κ3) is 2.80. The second-order valence-electron chi connectivity index (χ2n) is 5.19. The van der Waals surface area contributed by atoms with E-state index in [1.807, 2.05) is 0 Å². The zero-order valence-corrected chi connectivity index (χ0v) is 11.1. The van der Waals surface area contributed by atoms with Crippen LogP contribution in [0.15, 0.2) is 0 Å². The van der Waals surface area contributed by atoms with Gasteiger partial charge in [0.2, 0.25) is 5.91 Å². The van der Waals surface area contributed by atoms with Crippen LogP contribution in [0.1, 0.15) is 26.7 Å². The lowest BCUT2D eigenvalue weighted by Gasteiger charge is -2.43. The fourth-order valence-corrected chi connectivity index (χ4v) is 2.74. The minimum atomic E-state index is 0.243. The molecule has 0 spiro atoms. The van der Waals surface area contributed by atoms with Crippen LogP contribution in [0, 0.1) is 5.92 Å². The third-order valence-electron chi connectivity index (χ3n) is 4.24. The minimum Gasteiger partial charge on any atom is -0.340 e. The molecule has 2 fully saturated rings. The van der Waals surface area contributed by atoms with Crippen molar-refractivity contribution in [2.45, 2.75) is 32.7 Å². The summed E-state index contributed by atoms with van der Waals surface area (Å²) < 4.78 is 0. The number of carbonyl (C=O) groups excluding carboxylic acids is 1. The van der Waals surface area contributed by atoms with Crippen molar-refractivity contribution in [1.29, 1.82) is 0 Å². The fraction of sp³-hybridized carbons (Fsp3) is 0.923. The molecule has 0 saturated carbocycles. The van der Waals surface area contributed by atoms with E-state index < -0.39 is 0 Å². The summed E-state index contributed by atoms with van der Waals surface area (Å²) in [6.07, 6.45) is 1.95. The monoisotopic (exact) mass is 239 g/mol. The summed E-state index contributed by atoms with van der Waals surface area (Å²) in [5.74, 6) is 0.619. The summed E-state index contributed by atoms with van der Waals surface area (Å²) in [5.41, 5.74) is 0. The van der Waals surface area contributed by atoms with Crippen molar-refractivity contribution in [2.75, 3.05) is 39.3 Å². The Morgan fingerprint density at radius 1 is 1.18 bits per heavy atom. The number of piperazine rings is 1. The molecule has 4 heteroatoms. The van der Waals surface area contributed by atoms with E-state index in [0.29, 0.717) is 5.91 Å². The van der Waals surface area contributed by atoms with Crippen LogP contribution in [0.5, 0.6) is 0 Å². The lowest BCUT2D eigenvalue weighted by atomic mass is 10.0. The number of carbonyl (C=O) groups is 1. The minimum absolute atomic E-state index is 0.243. The standard InChI is InChI=1S/C13H25N3O/c1-3-11(4-2)13(17)16-7-5-15(6-8-16)12-9-14-10-12/h11-12,14H,3-10H2,1-2H3. The highest BCUT2D eigenvalue weighted by Gasteiger charge is 2.30. The summed E-state index contributed by atoms with van der Waals surface area (Å²) >= 11 is 0. The maximum Gasteiger partial charge on any atom is 0.225 e. The van der Waals surface area contributed by atoms with Crippen molar-refractivity contribution in [1.82, 2.24) is 15.1 Å². The molecule has 2 rings (SSSR count). The highest BCUT2D eigenvalue weighted by Crippen LogP contribution is 2.15. The maximum atomic E-state index is 12.2. The van der Waals surface area contributed by atoms with Gasteiger partial charge in [-0.2, -0.15) is 0 Å². The van der Waals surface area contributed by atoms with E-state index in [-0.39, 0.29) is 5.92 Å². The van der Waals surface area contributed by atoms with Gasteiger partial charge in [0.1, 0.15) is 0 Å². The molecular weight excluding hydrogens is 214 g/mol. The van der Waals surface area contributed by atoms with Crippen molar-refractivity contribution in [2.24, 2.45) is 5.92 Å². The largest absolute Gasteiger partial charge is 0.340 e. The molecule has 0 aliphatic carbocycles. The lowest BCUT2D eigenvalue weighted by Crippen LogP contribution is -2.62. The van der Waals surface area contributed by atoms with Gasteiger partial charge in [-0.3, -0.25) is 9.69 Å². The number of hydrogen-bond donors (Lipinski definition) is 1. The van der Waals surface area contributed by atoms with Crippen LogP contribution < -0.4 is 5.32 Å². The second kappa shape index (κ2) is 5.83. The van der Waals surface area contributed by atoms with Crippen molar-refractivity contribution in [3.63, 3.8) is 0 Å². The Morgan fingerprint density at radius 2 is 1.76 bits per heavy atom. The normalized spacial score (nSPS) is 22.9. The fourth-order valence-electron chi connectivity index (χ4n) is 2.74. The molecule has 2 heterocycles. The van der Waals surface area contributed by atoms with Gasteiger partial charge in [-0.25, -0.2) is 0 Å². The van der Waals surface area contributed by atoms with E-state index in [4.69, 9.17) is 0 Å². The van der Waals surface area contributed by atoms with Gasteiger partial charge in [0.25, 0.3) is 0 Å². The van der Waals surface area contributed by atoms with Crippen LogP contribution in [-0.2, 0) is 4.79 Å².